The first-order valence-electron chi connectivity index (χ1n) is 18.5. The van der Waals surface area contributed by atoms with Crippen LogP contribution in [0.25, 0.3) is 5.57 Å². The molecule has 2 unspecified atom stereocenters. The van der Waals surface area contributed by atoms with Crippen molar-refractivity contribution < 1.29 is 46.8 Å². The second-order valence-electron chi connectivity index (χ2n) is 13.8. The molecule has 0 bridgehead atoms. The smallest absolute Gasteiger partial charge is 0.407 e. The highest BCUT2D eigenvalue weighted by atomic mass is 32.2. The Morgan fingerprint density at radius 2 is 1.77 bits per heavy atom. The summed E-state index contributed by atoms with van der Waals surface area (Å²) in [6.07, 6.45) is -0.254. The van der Waals surface area contributed by atoms with Crippen LogP contribution in [0.5, 0.6) is 0 Å². The Morgan fingerprint density at radius 1 is 1.06 bits per heavy atom. The summed E-state index contributed by atoms with van der Waals surface area (Å²) < 4.78 is 58.1. The highest BCUT2D eigenvalue weighted by Crippen LogP contribution is 2.35. The molecule has 0 radical (unpaired) electrons. The highest BCUT2D eigenvalue weighted by Gasteiger charge is 2.44. The number of anilines is 1. The topological polar surface area (TPSA) is 165 Å². The van der Waals surface area contributed by atoms with Gasteiger partial charge in [0.1, 0.15) is 6.10 Å². The van der Waals surface area contributed by atoms with E-state index in [9.17, 15) is 23.1 Å². The van der Waals surface area contributed by atoms with Crippen LogP contribution in [0.2, 0.25) is 0 Å². The van der Waals surface area contributed by atoms with Crippen LogP contribution in [0.1, 0.15) is 45.2 Å². The van der Waals surface area contributed by atoms with Crippen molar-refractivity contribution in [3.63, 3.8) is 0 Å². The summed E-state index contributed by atoms with van der Waals surface area (Å²) >= 11 is 0. The number of nitrogens with one attached hydrogen (secondary N) is 2. The van der Waals surface area contributed by atoms with Gasteiger partial charge in [-0.3, -0.25) is 4.79 Å². The normalized spacial score (nSPS) is 21.5. The SMILES string of the molecule is CCOCCN(/C=C1\C(=O)Nc2ccc(S(=O)(=O)N(CC(C)C)C[C@@H](O)[C@H](Cc3ccccc3)NC(=O)O[C@H]3COC4OCCC43)cc21)CCOCC. The number of hydrogen-bond donors (Lipinski definition) is 3. The third-order valence-corrected chi connectivity index (χ3v) is 11.3. The van der Waals surface area contributed by atoms with Gasteiger partial charge in [-0.05, 0) is 56.4 Å². The molecule has 2 saturated heterocycles. The first-order valence-corrected chi connectivity index (χ1v) is 19.9. The number of fused-ring (bicyclic) bond motifs is 2. The largest absolute Gasteiger partial charge is 0.443 e. The van der Waals surface area contributed by atoms with Crippen LogP contribution in [-0.2, 0) is 44.9 Å². The molecule has 0 saturated carbocycles. The van der Waals surface area contributed by atoms with Gasteiger partial charge in [0.25, 0.3) is 5.91 Å². The fourth-order valence-electron chi connectivity index (χ4n) is 6.72. The van der Waals surface area contributed by atoms with Gasteiger partial charge in [0.2, 0.25) is 10.0 Å². The molecular weight excluding hydrogens is 705 g/mol. The zero-order valence-corrected chi connectivity index (χ0v) is 31.9. The minimum atomic E-state index is -4.20. The summed E-state index contributed by atoms with van der Waals surface area (Å²) in [6.45, 7) is 11.2. The maximum absolute atomic E-state index is 14.4. The molecule has 2 aromatic carbocycles. The molecule has 0 spiro atoms. The highest BCUT2D eigenvalue weighted by molar-refractivity contribution is 7.89. The molecule has 2 amide bonds. The molecule has 2 aromatic rings. The molecule has 3 aliphatic heterocycles. The zero-order chi connectivity index (χ0) is 38.0. The van der Waals surface area contributed by atoms with E-state index in [-0.39, 0.29) is 48.8 Å². The summed E-state index contributed by atoms with van der Waals surface area (Å²) in [6, 6.07) is 13.0. The van der Waals surface area contributed by atoms with Crippen LogP contribution in [0.3, 0.4) is 0 Å². The van der Waals surface area contributed by atoms with Crippen LogP contribution in [0, 0.1) is 11.8 Å². The standard InChI is InChI=1S/C38H54N4O10S/c1-5-48-18-15-41(16-19-49-6-2)23-31-30-21-28(12-13-32(30)39-36(31)44)53(46,47)42(22-26(3)4)24-34(43)33(20-27-10-8-7-9-11-27)40-38(45)52-35-25-51-37-29(35)14-17-50-37/h7-13,21,23,26,29,33-35,37,43H,5-6,14-20,22,24-25H2,1-4H3,(H,39,44)(H,40,45)/b31-23-/t29?,33-,34+,35-,37?/m0/s1. The third-order valence-electron chi connectivity index (χ3n) is 9.45. The fourth-order valence-corrected chi connectivity index (χ4v) is 8.36. The average molecular weight is 759 g/mol. The lowest BCUT2D eigenvalue weighted by Gasteiger charge is -2.31. The molecule has 3 N–H and O–H groups in total. The second kappa shape index (κ2) is 19.1. The van der Waals surface area contributed by atoms with Gasteiger partial charge in [0.15, 0.2) is 6.29 Å². The maximum atomic E-state index is 14.4. The van der Waals surface area contributed by atoms with E-state index in [0.29, 0.717) is 69.4 Å². The monoisotopic (exact) mass is 758 g/mol. The molecular formula is C38H54N4O10S. The Bertz CT molecular complexity index is 1650. The van der Waals surface area contributed by atoms with Crippen LogP contribution >= 0.6 is 0 Å². The predicted molar refractivity (Wildman–Crippen MR) is 198 cm³/mol. The lowest BCUT2D eigenvalue weighted by atomic mass is 10.0. The van der Waals surface area contributed by atoms with Crippen LogP contribution in [-0.4, -0.2) is 125 Å². The van der Waals surface area contributed by atoms with Gasteiger partial charge in [-0.15, -0.1) is 0 Å². The Labute approximate surface area is 312 Å². The molecule has 0 aromatic heterocycles. The number of carbonyl (C=O) groups excluding carboxylic acids is 2. The lowest BCUT2D eigenvalue weighted by molar-refractivity contribution is -0.110. The minimum absolute atomic E-state index is 0.0248. The lowest BCUT2D eigenvalue weighted by Crippen LogP contribution is -2.51. The van der Waals surface area contributed by atoms with Gasteiger partial charge in [0.05, 0.1) is 55.0 Å². The van der Waals surface area contributed by atoms with Gasteiger partial charge < -0.3 is 44.3 Å². The van der Waals surface area contributed by atoms with Gasteiger partial charge in [0, 0.05) is 56.8 Å². The quantitative estimate of drug-likeness (QED) is 0.134. The number of aliphatic hydroxyl groups is 1. The predicted octanol–water partition coefficient (Wildman–Crippen LogP) is 3.46. The van der Waals surface area contributed by atoms with Crippen LogP contribution in [0.15, 0.2) is 59.6 Å². The Hall–Kier alpha value is -3.57. The van der Waals surface area contributed by atoms with Gasteiger partial charge in [-0.1, -0.05) is 44.2 Å². The molecule has 14 nitrogen and oxygen atoms in total. The number of carbonyl (C=O) groups is 2. The van der Waals surface area contributed by atoms with E-state index in [1.54, 1.807) is 12.3 Å². The molecule has 0 aliphatic carbocycles. The first kappa shape index (κ1) is 40.6. The summed E-state index contributed by atoms with van der Waals surface area (Å²) in [5, 5.41) is 17.4. The summed E-state index contributed by atoms with van der Waals surface area (Å²) in [5.41, 5.74) is 2.12. The third kappa shape index (κ3) is 10.8. The van der Waals surface area contributed by atoms with Crippen molar-refractivity contribution in [3.8, 4) is 0 Å². The van der Waals surface area contributed by atoms with Crippen LogP contribution < -0.4 is 10.6 Å². The van der Waals surface area contributed by atoms with Crippen molar-refractivity contribution in [2.75, 3.05) is 71.1 Å². The number of hydrogen-bond acceptors (Lipinski definition) is 11. The van der Waals surface area contributed by atoms with E-state index in [0.717, 1.165) is 5.56 Å². The number of alkyl carbamates (subject to hydrolysis) is 1. The number of amides is 2. The molecule has 5 rings (SSSR count). The van der Waals surface area contributed by atoms with Crippen molar-refractivity contribution in [2.24, 2.45) is 11.8 Å². The Kier molecular flexibility index (Phi) is 14.7. The number of sulfonamides is 1. The molecule has 53 heavy (non-hydrogen) atoms. The number of ether oxygens (including phenoxy) is 5. The van der Waals surface area contributed by atoms with Crippen molar-refractivity contribution >= 4 is 33.3 Å². The Morgan fingerprint density at radius 3 is 2.45 bits per heavy atom. The molecule has 15 heteroatoms. The molecule has 292 valence electrons. The first-order chi connectivity index (χ1) is 25.5. The Balaban J connectivity index is 1.37. The fraction of sp³-hybridized carbons (Fsp3) is 0.579. The van der Waals surface area contributed by atoms with E-state index in [4.69, 9.17) is 23.7 Å². The number of nitrogens with zero attached hydrogens (tertiary/aromatic N) is 2. The number of benzene rings is 2. The van der Waals surface area contributed by atoms with Crippen molar-refractivity contribution in [2.45, 2.75) is 70.0 Å². The summed E-state index contributed by atoms with van der Waals surface area (Å²) in [5.74, 6) is -0.501. The van der Waals surface area contributed by atoms with Gasteiger partial charge >= 0.3 is 6.09 Å². The zero-order valence-electron chi connectivity index (χ0n) is 31.1. The molecule has 2 fully saturated rings. The van der Waals surface area contributed by atoms with E-state index >= 15 is 0 Å². The summed E-state index contributed by atoms with van der Waals surface area (Å²) in [4.78, 5) is 28.3. The van der Waals surface area contributed by atoms with Crippen molar-refractivity contribution in [3.05, 3.63) is 65.9 Å². The van der Waals surface area contributed by atoms with Gasteiger partial charge in [-0.25, -0.2) is 13.2 Å². The van der Waals surface area contributed by atoms with E-state index < -0.39 is 40.7 Å². The van der Waals surface area contributed by atoms with Crippen molar-refractivity contribution in [1.29, 1.82) is 0 Å². The van der Waals surface area contributed by atoms with Gasteiger partial charge in [-0.2, -0.15) is 4.31 Å². The minimum Gasteiger partial charge on any atom is -0.443 e. The molecule has 3 heterocycles. The number of rotatable bonds is 20. The second-order valence-corrected chi connectivity index (χ2v) is 15.8. The van der Waals surface area contributed by atoms with Crippen molar-refractivity contribution in [1.82, 2.24) is 14.5 Å². The molecule has 3 aliphatic rings. The van der Waals surface area contributed by atoms with E-state index in [1.165, 1.54) is 16.4 Å². The van der Waals surface area contributed by atoms with Crippen LogP contribution in [0.4, 0.5) is 10.5 Å². The van der Waals surface area contributed by atoms with E-state index in [2.05, 4.69) is 10.6 Å². The number of aliphatic hydroxyl groups excluding tert-OH is 1. The maximum Gasteiger partial charge on any atom is 0.407 e. The average Bonchev–Trinajstić information content (AvgIpc) is 3.83. The molecule has 5 atom stereocenters. The van der Waals surface area contributed by atoms with E-state index in [1.807, 2.05) is 62.9 Å². The summed E-state index contributed by atoms with van der Waals surface area (Å²) in [7, 11) is -4.20.